The van der Waals surface area contributed by atoms with Crippen LogP contribution in [0.2, 0.25) is 0 Å². The van der Waals surface area contributed by atoms with Crippen molar-refractivity contribution in [2.45, 2.75) is 6.42 Å². The average Bonchev–Trinajstić information content (AvgIpc) is 3.24. The van der Waals surface area contributed by atoms with Crippen LogP contribution in [0.3, 0.4) is 0 Å². The van der Waals surface area contributed by atoms with Crippen LogP contribution in [-0.4, -0.2) is 52.0 Å². The molecule has 1 fully saturated rings. The maximum atomic E-state index is 10.9. The molecule has 0 amide bonds. The topological polar surface area (TPSA) is 88.0 Å². The molecule has 0 radical (unpaired) electrons. The highest BCUT2D eigenvalue weighted by Crippen LogP contribution is 2.32. The minimum atomic E-state index is 0.410. The molecule has 8 nitrogen and oxygen atoms in total. The molecule has 1 saturated heterocycles. The summed E-state index contributed by atoms with van der Waals surface area (Å²) in [5, 5.41) is 8.86. The van der Waals surface area contributed by atoms with Gasteiger partial charge in [0.15, 0.2) is 0 Å². The summed E-state index contributed by atoms with van der Waals surface area (Å²) in [6, 6.07) is 16.2. The Kier molecular flexibility index (Phi) is 5.56. The number of carbonyl (C=O) groups excluding carboxylic acids is 1. The molecule has 1 aliphatic heterocycles. The third-order valence-electron chi connectivity index (χ3n) is 6.45. The van der Waals surface area contributed by atoms with E-state index in [1.165, 1.54) is 0 Å². The first-order valence-corrected chi connectivity index (χ1v) is 11.8. The van der Waals surface area contributed by atoms with Gasteiger partial charge in [0.25, 0.3) is 0 Å². The van der Waals surface area contributed by atoms with Crippen LogP contribution < -0.4 is 15.5 Å². The van der Waals surface area contributed by atoms with Gasteiger partial charge in [-0.25, -0.2) is 9.97 Å². The molecular weight excluding hydrogens is 438 g/mol. The maximum absolute atomic E-state index is 10.9. The predicted octanol–water partition coefficient (Wildman–Crippen LogP) is 3.86. The van der Waals surface area contributed by atoms with E-state index in [0.717, 1.165) is 82.8 Å². The van der Waals surface area contributed by atoms with E-state index in [1.807, 2.05) is 61.1 Å². The zero-order chi connectivity index (χ0) is 23.6. The predicted molar refractivity (Wildman–Crippen MR) is 139 cm³/mol. The normalized spacial score (nSPS) is 13.9. The molecule has 2 N–H and O–H groups in total. The second-order valence-corrected chi connectivity index (χ2v) is 8.62. The summed E-state index contributed by atoms with van der Waals surface area (Å²) in [6.45, 7) is 3.96. The Morgan fingerprint density at radius 1 is 0.857 bits per heavy atom. The second-order valence-electron chi connectivity index (χ2n) is 8.62. The van der Waals surface area contributed by atoms with Gasteiger partial charge < -0.3 is 24.9 Å². The van der Waals surface area contributed by atoms with Crippen molar-refractivity contribution in [3.8, 4) is 5.69 Å². The van der Waals surface area contributed by atoms with Crippen molar-refractivity contribution in [1.82, 2.24) is 24.8 Å². The molecule has 0 bridgehead atoms. The lowest BCUT2D eigenvalue weighted by molar-refractivity contribution is -0.107. The summed E-state index contributed by atoms with van der Waals surface area (Å²) < 4.78 is 2.18. The van der Waals surface area contributed by atoms with Crippen LogP contribution in [0.4, 0.5) is 17.3 Å². The molecule has 5 aromatic rings. The van der Waals surface area contributed by atoms with E-state index >= 15 is 0 Å². The Labute approximate surface area is 202 Å². The Bertz CT molecular complexity index is 1490. The molecule has 1 aromatic carbocycles. The van der Waals surface area contributed by atoms with Crippen molar-refractivity contribution < 1.29 is 4.79 Å². The van der Waals surface area contributed by atoms with Crippen LogP contribution in [0.25, 0.3) is 27.5 Å². The number of fused-ring (bicyclic) bond motifs is 3. The first-order valence-electron chi connectivity index (χ1n) is 11.8. The monoisotopic (exact) mass is 463 g/mol. The van der Waals surface area contributed by atoms with Gasteiger partial charge in [0.2, 0.25) is 0 Å². The number of aromatic nitrogens is 4. The van der Waals surface area contributed by atoms with E-state index in [0.29, 0.717) is 6.42 Å². The molecule has 35 heavy (non-hydrogen) atoms. The van der Waals surface area contributed by atoms with Crippen molar-refractivity contribution in [1.29, 1.82) is 0 Å². The molecule has 1 aliphatic rings. The molecule has 8 heteroatoms. The van der Waals surface area contributed by atoms with Crippen LogP contribution in [0.1, 0.15) is 5.56 Å². The van der Waals surface area contributed by atoms with Gasteiger partial charge in [-0.2, -0.15) is 0 Å². The number of rotatable bonds is 6. The summed E-state index contributed by atoms with van der Waals surface area (Å²) in [6.07, 6.45) is 8.82. The van der Waals surface area contributed by atoms with Crippen molar-refractivity contribution in [3.63, 3.8) is 0 Å². The molecule has 0 aliphatic carbocycles. The van der Waals surface area contributed by atoms with Gasteiger partial charge in [0.05, 0.1) is 29.1 Å². The number of aldehydes is 1. The Hall–Kier alpha value is -4.30. The van der Waals surface area contributed by atoms with Crippen molar-refractivity contribution in [3.05, 3.63) is 78.9 Å². The highest BCUT2D eigenvalue weighted by atomic mass is 16.1. The fourth-order valence-electron chi connectivity index (χ4n) is 4.68. The van der Waals surface area contributed by atoms with E-state index in [1.54, 1.807) is 6.20 Å². The van der Waals surface area contributed by atoms with Crippen LogP contribution in [-0.2, 0) is 11.2 Å². The molecule has 0 unspecified atom stereocenters. The largest absolute Gasteiger partial charge is 0.368 e. The van der Waals surface area contributed by atoms with E-state index in [4.69, 9.17) is 0 Å². The number of piperazine rings is 1. The molecule has 0 saturated carbocycles. The SMILES string of the molecule is O=CCc1ccc(-n2c3cnccc3c3cnc(Nc4ccc(N5CCNCC5)cn4)cc32)cc1. The molecule has 4 aromatic heterocycles. The second kappa shape index (κ2) is 9.15. The number of hydrogen-bond acceptors (Lipinski definition) is 7. The summed E-state index contributed by atoms with van der Waals surface area (Å²) >= 11 is 0. The first-order chi connectivity index (χ1) is 17.3. The number of anilines is 3. The summed E-state index contributed by atoms with van der Waals surface area (Å²) in [5.41, 5.74) is 5.14. The van der Waals surface area contributed by atoms with Gasteiger partial charge >= 0.3 is 0 Å². The average molecular weight is 464 g/mol. The Morgan fingerprint density at radius 3 is 2.43 bits per heavy atom. The van der Waals surface area contributed by atoms with Crippen LogP contribution in [0.15, 0.2) is 73.3 Å². The fourth-order valence-corrected chi connectivity index (χ4v) is 4.68. The number of nitrogens with one attached hydrogen (secondary N) is 2. The van der Waals surface area contributed by atoms with Crippen molar-refractivity contribution in [2.24, 2.45) is 0 Å². The van der Waals surface area contributed by atoms with Crippen LogP contribution in [0.5, 0.6) is 0 Å². The highest BCUT2D eigenvalue weighted by Gasteiger charge is 2.15. The van der Waals surface area contributed by atoms with Crippen LogP contribution in [0, 0.1) is 0 Å². The molecule has 174 valence electrons. The third kappa shape index (κ3) is 4.08. The lowest BCUT2D eigenvalue weighted by Gasteiger charge is -2.29. The third-order valence-corrected chi connectivity index (χ3v) is 6.45. The van der Waals surface area contributed by atoms with Gasteiger partial charge in [-0.05, 0) is 35.9 Å². The zero-order valence-electron chi connectivity index (χ0n) is 19.2. The lowest BCUT2D eigenvalue weighted by atomic mass is 10.1. The lowest BCUT2D eigenvalue weighted by Crippen LogP contribution is -2.43. The Morgan fingerprint density at radius 2 is 1.66 bits per heavy atom. The number of nitrogens with zero attached hydrogens (tertiary/aromatic N) is 5. The summed E-state index contributed by atoms with van der Waals surface area (Å²) in [4.78, 5) is 26.9. The van der Waals surface area contributed by atoms with E-state index < -0.39 is 0 Å². The standard InChI is InChI=1S/C27H25N7O/c35-14-8-19-1-3-20(4-2-19)34-24-15-27(31-17-23(24)22-7-9-29-18-25(22)34)32-26-6-5-21(16-30-26)33-12-10-28-11-13-33/h1-7,9,14-18,28H,8,10-13H2,(H,30,31,32). The van der Waals surface area contributed by atoms with Gasteiger partial charge in [-0.15, -0.1) is 0 Å². The van der Waals surface area contributed by atoms with Gasteiger partial charge in [-0.1, -0.05) is 12.1 Å². The number of carbonyl (C=O) groups is 1. The van der Waals surface area contributed by atoms with Crippen LogP contribution >= 0.6 is 0 Å². The van der Waals surface area contributed by atoms with E-state index in [2.05, 4.69) is 41.1 Å². The van der Waals surface area contributed by atoms with Crippen molar-refractivity contribution in [2.75, 3.05) is 36.4 Å². The summed E-state index contributed by atoms with van der Waals surface area (Å²) in [7, 11) is 0. The van der Waals surface area contributed by atoms with Gasteiger partial charge in [0, 0.05) is 67.5 Å². The first kappa shape index (κ1) is 21.2. The van der Waals surface area contributed by atoms with Crippen molar-refractivity contribution >= 4 is 45.4 Å². The molecule has 6 rings (SSSR count). The summed E-state index contributed by atoms with van der Waals surface area (Å²) in [5.74, 6) is 1.47. The molecule has 5 heterocycles. The highest BCUT2D eigenvalue weighted by molar-refractivity contribution is 6.09. The minimum absolute atomic E-state index is 0.410. The molecule has 0 atom stereocenters. The Balaban J connectivity index is 1.36. The van der Waals surface area contributed by atoms with E-state index in [9.17, 15) is 4.79 Å². The van der Waals surface area contributed by atoms with E-state index in [-0.39, 0.29) is 0 Å². The fraction of sp³-hybridized carbons (Fsp3) is 0.185. The maximum Gasteiger partial charge on any atom is 0.133 e. The van der Waals surface area contributed by atoms with Gasteiger partial charge in [-0.3, -0.25) is 4.98 Å². The number of benzene rings is 1. The smallest absolute Gasteiger partial charge is 0.133 e. The number of pyridine rings is 3. The van der Waals surface area contributed by atoms with Gasteiger partial charge in [0.1, 0.15) is 17.9 Å². The minimum Gasteiger partial charge on any atom is -0.368 e. The molecule has 0 spiro atoms. The zero-order valence-corrected chi connectivity index (χ0v) is 19.2. The quantitative estimate of drug-likeness (QED) is 0.370. The number of hydrogen-bond donors (Lipinski definition) is 2. The molecular formula is C27H25N7O.